The Bertz CT molecular complexity index is 141. The summed E-state index contributed by atoms with van der Waals surface area (Å²) in [5, 5.41) is 0. The van der Waals surface area contributed by atoms with Crippen LogP contribution in [-0.4, -0.2) is 44.0 Å². The van der Waals surface area contributed by atoms with E-state index < -0.39 is 0 Å². The van der Waals surface area contributed by atoms with E-state index in [2.05, 4.69) is 11.8 Å². The summed E-state index contributed by atoms with van der Waals surface area (Å²) in [7, 11) is 0. The molecule has 1 rings (SSSR count). The molecule has 0 N–H and O–H groups in total. The highest BCUT2D eigenvalue weighted by Gasteiger charge is 2.23. The van der Waals surface area contributed by atoms with Crippen molar-refractivity contribution in [2.24, 2.45) is 0 Å². The topological polar surface area (TPSA) is 21.7 Å². The van der Waals surface area contributed by atoms with E-state index in [1.54, 1.807) is 0 Å². The van der Waals surface area contributed by atoms with Crippen LogP contribution in [0.3, 0.4) is 0 Å². The van der Waals surface area contributed by atoms with Gasteiger partial charge in [0.05, 0.1) is 13.2 Å². The first-order chi connectivity index (χ1) is 6.88. The van der Waals surface area contributed by atoms with Crippen molar-refractivity contribution in [3.8, 4) is 0 Å². The van der Waals surface area contributed by atoms with Gasteiger partial charge in [0.2, 0.25) is 0 Å². The average Bonchev–Trinajstić information content (AvgIpc) is 2.63. The first kappa shape index (κ1) is 12.0. The first-order valence-corrected chi connectivity index (χ1v) is 5.81. The zero-order valence-corrected chi connectivity index (χ0v) is 9.50. The summed E-state index contributed by atoms with van der Waals surface area (Å²) in [6, 6.07) is 0. The Morgan fingerprint density at radius 1 is 1.43 bits per heavy atom. The van der Waals surface area contributed by atoms with Gasteiger partial charge in [-0.25, -0.2) is 0 Å². The van der Waals surface area contributed by atoms with Gasteiger partial charge in [0, 0.05) is 19.7 Å². The minimum atomic E-state index is 0.357. The minimum absolute atomic E-state index is 0.357. The summed E-state index contributed by atoms with van der Waals surface area (Å²) in [6.45, 7) is 8.88. The molecule has 84 valence electrons. The quantitative estimate of drug-likeness (QED) is 0.587. The average molecular weight is 201 g/mol. The molecule has 1 heterocycles. The fourth-order valence-corrected chi connectivity index (χ4v) is 1.78. The molecule has 0 bridgehead atoms. The van der Waals surface area contributed by atoms with E-state index in [4.69, 9.17) is 9.47 Å². The Hall–Kier alpha value is -0.120. The summed E-state index contributed by atoms with van der Waals surface area (Å²) in [5.41, 5.74) is 0. The van der Waals surface area contributed by atoms with E-state index in [1.807, 2.05) is 6.92 Å². The number of hydrogen-bond acceptors (Lipinski definition) is 3. The van der Waals surface area contributed by atoms with E-state index in [9.17, 15) is 0 Å². The van der Waals surface area contributed by atoms with E-state index >= 15 is 0 Å². The van der Waals surface area contributed by atoms with Gasteiger partial charge in [-0.15, -0.1) is 0 Å². The Labute approximate surface area is 87.4 Å². The van der Waals surface area contributed by atoms with Crippen LogP contribution in [0, 0.1) is 0 Å². The molecule has 0 amide bonds. The lowest BCUT2D eigenvalue weighted by Crippen LogP contribution is -2.33. The normalized spacial score (nSPS) is 23.1. The van der Waals surface area contributed by atoms with Crippen molar-refractivity contribution in [2.75, 3.05) is 32.9 Å². The largest absolute Gasteiger partial charge is 0.380 e. The van der Waals surface area contributed by atoms with Crippen LogP contribution >= 0.6 is 0 Å². The highest BCUT2D eigenvalue weighted by molar-refractivity contribution is 4.69. The Kier molecular flexibility index (Phi) is 6.15. The third-order valence-corrected chi connectivity index (χ3v) is 2.63. The summed E-state index contributed by atoms with van der Waals surface area (Å²) >= 11 is 0. The van der Waals surface area contributed by atoms with Crippen LogP contribution in [0.15, 0.2) is 0 Å². The molecule has 0 spiro atoms. The predicted molar refractivity (Wildman–Crippen MR) is 57.3 cm³/mol. The first-order valence-electron chi connectivity index (χ1n) is 5.81. The van der Waals surface area contributed by atoms with Gasteiger partial charge >= 0.3 is 0 Å². The molecular formula is C11H23NO2. The predicted octanol–water partition coefficient (Wildman–Crippen LogP) is 1.87. The maximum atomic E-state index is 5.67. The van der Waals surface area contributed by atoms with Gasteiger partial charge in [-0.2, -0.15) is 0 Å². The van der Waals surface area contributed by atoms with Crippen LogP contribution in [0.25, 0.3) is 0 Å². The van der Waals surface area contributed by atoms with Gasteiger partial charge in [0.1, 0.15) is 6.23 Å². The van der Waals surface area contributed by atoms with E-state index in [1.165, 1.54) is 19.3 Å². The molecule has 1 fully saturated rings. The number of unbranched alkanes of at least 4 members (excludes halogenated alkanes) is 1. The third-order valence-electron chi connectivity index (χ3n) is 2.63. The van der Waals surface area contributed by atoms with Crippen LogP contribution in [-0.2, 0) is 9.47 Å². The summed E-state index contributed by atoms with van der Waals surface area (Å²) in [6.07, 6.45) is 4.04. The van der Waals surface area contributed by atoms with Crippen LogP contribution in [0.5, 0.6) is 0 Å². The number of ether oxygens (including phenoxy) is 2. The van der Waals surface area contributed by atoms with E-state index in [0.29, 0.717) is 6.23 Å². The summed E-state index contributed by atoms with van der Waals surface area (Å²) < 4.78 is 11.0. The van der Waals surface area contributed by atoms with E-state index in [0.717, 1.165) is 32.9 Å². The molecule has 14 heavy (non-hydrogen) atoms. The molecule has 3 heteroatoms. The van der Waals surface area contributed by atoms with Crippen LogP contribution in [0.4, 0.5) is 0 Å². The van der Waals surface area contributed by atoms with Crippen LogP contribution in [0.2, 0.25) is 0 Å². The zero-order valence-electron chi connectivity index (χ0n) is 9.50. The van der Waals surface area contributed by atoms with Gasteiger partial charge in [-0.3, -0.25) is 4.90 Å². The fraction of sp³-hybridized carbons (Fsp3) is 1.00. The molecular weight excluding hydrogens is 178 g/mol. The highest BCUT2D eigenvalue weighted by Crippen LogP contribution is 2.15. The van der Waals surface area contributed by atoms with Crippen molar-refractivity contribution >= 4 is 0 Å². The van der Waals surface area contributed by atoms with Crippen molar-refractivity contribution in [1.82, 2.24) is 4.90 Å². The maximum absolute atomic E-state index is 5.67. The molecule has 1 aliphatic heterocycles. The van der Waals surface area contributed by atoms with E-state index in [-0.39, 0.29) is 0 Å². The van der Waals surface area contributed by atoms with Crippen LogP contribution < -0.4 is 0 Å². The molecule has 0 aliphatic carbocycles. The molecule has 0 saturated carbocycles. The number of rotatable bonds is 7. The Balaban J connectivity index is 2.14. The van der Waals surface area contributed by atoms with Gasteiger partial charge in [-0.05, 0) is 19.8 Å². The lowest BCUT2D eigenvalue weighted by atomic mass is 10.2. The van der Waals surface area contributed by atoms with Gasteiger partial charge in [0.25, 0.3) is 0 Å². The second-order valence-corrected chi connectivity index (χ2v) is 3.70. The van der Waals surface area contributed by atoms with Crippen molar-refractivity contribution in [1.29, 1.82) is 0 Å². The Morgan fingerprint density at radius 3 is 3.00 bits per heavy atom. The lowest BCUT2D eigenvalue weighted by Gasteiger charge is -2.22. The smallest absolute Gasteiger partial charge is 0.110 e. The zero-order chi connectivity index (χ0) is 10.2. The standard InChI is InChI=1S/C11H23NO2/c1-3-5-6-11-12(8-10-14-11)7-9-13-4-2/h11H,3-10H2,1-2H3. The van der Waals surface area contributed by atoms with Crippen LogP contribution in [0.1, 0.15) is 33.1 Å². The van der Waals surface area contributed by atoms with Crippen molar-refractivity contribution in [2.45, 2.75) is 39.3 Å². The number of nitrogens with zero attached hydrogens (tertiary/aromatic N) is 1. The van der Waals surface area contributed by atoms with Gasteiger partial charge in [-0.1, -0.05) is 13.3 Å². The third kappa shape index (κ3) is 3.95. The van der Waals surface area contributed by atoms with Gasteiger partial charge in [0.15, 0.2) is 0 Å². The summed E-state index contributed by atoms with van der Waals surface area (Å²) in [4.78, 5) is 2.39. The SMILES string of the molecule is CCCCC1OCCN1CCOCC. The highest BCUT2D eigenvalue weighted by atomic mass is 16.5. The minimum Gasteiger partial charge on any atom is -0.380 e. The van der Waals surface area contributed by atoms with Crippen molar-refractivity contribution in [3.63, 3.8) is 0 Å². The second kappa shape index (κ2) is 7.21. The summed E-state index contributed by atoms with van der Waals surface area (Å²) in [5.74, 6) is 0. The molecule has 3 nitrogen and oxygen atoms in total. The van der Waals surface area contributed by atoms with Crippen molar-refractivity contribution in [3.05, 3.63) is 0 Å². The lowest BCUT2D eigenvalue weighted by molar-refractivity contribution is 0.0112. The molecule has 0 radical (unpaired) electrons. The molecule has 1 atom stereocenters. The molecule has 1 unspecified atom stereocenters. The monoisotopic (exact) mass is 201 g/mol. The molecule has 0 aromatic rings. The number of hydrogen-bond donors (Lipinski definition) is 0. The Morgan fingerprint density at radius 2 is 2.29 bits per heavy atom. The molecule has 0 aromatic carbocycles. The molecule has 0 aromatic heterocycles. The van der Waals surface area contributed by atoms with Gasteiger partial charge < -0.3 is 9.47 Å². The second-order valence-electron chi connectivity index (χ2n) is 3.70. The molecule has 1 saturated heterocycles. The molecule has 1 aliphatic rings. The van der Waals surface area contributed by atoms with Crippen molar-refractivity contribution < 1.29 is 9.47 Å². The maximum Gasteiger partial charge on any atom is 0.110 e. The fourth-order valence-electron chi connectivity index (χ4n) is 1.78.